The van der Waals surface area contributed by atoms with Gasteiger partial charge in [0, 0.05) is 11.6 Å². The topological polar surface area (TPSA) is 37.4 Å². The first kappa shape index (κ1) is 11.6. The first-order chi connectivity index (χ1) is 7.91. The van der Waals surface area contributed by atoms with Crippen molar-refractivity contribution in [1.82, 2.24) is 4.90 Å². The molecule has 0 spiro atoms. The Morgan fingerprint density at radius 1 is 1.00 bits per heavy atom. The molecule has 0 atom stereocenters. The maximum atomic E-state index is 12.2. The Labute approximate surface area is 101 Å². The first-order valence-corrected chi connectivity index (χ1v) is 5.57. The molecule has 1 aromatic rings. The molecule has 0 aromatic heterocycles. The Morgan fingerprint density at radius 2 is 1.59 bits per heavy atom. The predicted octanol–water partition coefficient (Wildman–Crippen LogP) is 2.24. The third-order valence-corrected chi connectivity index (χ3v) is 2.68. The Hall–Kier alpha value is -1.90. The Bertz CT molecular complexity index is 495. The van der Waals surface area contributed by atoms with Crippen LogP contribution in [0.15, 0.2) is 36.4 Å². The van der Waals surface area contributed by atoms with Crippen LogP contribution in [0.1, 0.15) is 26.3 Å². The van der Waals surface area contributed by atoms with Gasteiger partial charge in [-0.25, -0.2) is 0 Å². The number of imide groups is 1. The zero-order valence-electron chi connectivity index (χ0n) is 10.2. The quantitative estimate of drug-likeness (QED) is 0.692. The monoisotopic (exact) mass is 229 g/mol. The lowest BCUT2D eigenvalue weighted by atomic mass is 10.0. The lowest BCUT2D eigenvalue weighted by Crippen LogP contribution is -2.45. The molecule has 0 aliphatic carbocycles. The van der Waals surface area contributed by atoms with Crippen LogP contribution in [0.2, 0.25) is 0 Å². The largest absolute Gasteiger partial charge is 0.269 e. The summed E-state index contributed by atoms with van der Waals surface area (Å²) in [6, 6.07) is 9.26. The minimum atomic E-state index is -0.485. The summed E-state index contributed by atoms with van der Waals surface area (Å²) in [6.45, 7) is 5.56. The number of rotatable bonds is 1. The van der Waals surface area contributed by atoms with E-state index >= 15 is 0 Å². The second-order valence-corrected chi connectivity index (χ2v) is 5.07. The highest BCUT2D eigenvalue weighted by Gasteiger charge is 2.38. The van der Waals surface area contributed by atoms with Crippen LogP contribution in [0.25, 0.3) is 5.57 Å². The SMILES string of the molecule is CC(C)(C)N1C(=O)C=C(c2ccccc2)C1=O. The Morgan fingerprint density at radius 3 is 2.06 bits per heavy atom. The zero-order chi connectivity index (χ0) is 12.6. The summed E-state index contributed by atoms with van der Waals surface area (Å²) in [6.07, 6.45) is 1.42. The van der Waals surface area contributed by atoms with Crippen molar-refractivity contribution >= 4 is 17.4 Å². The van der Waals surface area contributed by atoms with Gasteiger partial charge in [-0.15, -0.1) is 0 Å². The van der Waals surface area contributed by atoms with Gasteiger partial charge in [-0.2, -0.15) is 0 Å². The van der Waals surface area contributed by atoms with Crippen molar-refractivity contribution in [3.8, 4) is 0 Å². The minimum Gasteiger partial charge on any atom is -0.269 e. The van der Waals surface area contributed by atoms with Crippen LogP contribution in [0.3, 0.4) is 0 Å². The van der Waals surface area contributed by atoms with Crippen LogP contribution in [-0.2, 0) is 9.59 Å². The Balaban J connectivity index is 2.39. The van der Waals surface area contributed by atoms with Gasteiger partial charge in [0.1, 0.15) is 0 Å². The fraction of sp³-hybridized carbons (Fsp3) is 0.286. The molecule has 0 radical (unpaired) electrons. The molecule has 2 amide bonds. The van der Waals surface area contributed by atoms with Crippen molar-refractivity contribution in [3.63, 3.8) is 0 Å². The Kier molecular flexibility index (Phi) is 2.62. The molecule has 0 unspecified atom stereocenters. The third kappa shape index (κ3) is 2.00. The van der Waals surface area contributed by atoms with Crippen molar-refractivity contribution in [2.45, 2.75) is 26.3 Å². The number of hydrogen-bond donors (Lipinski definition) is 0. The molecule has 3 nitrogen and oxygen atoms in total. The molecule has 0 fully saturated rings. The van der Waals surface area contributed by atoms with Gasteiger partial charge in [0.05, 0.1) is 5.57 Å². The van der Waals surface area contributed by atoms with E-state index in [4.69, 9.17) is 0 Å². The second kappa shape index (κ2) is 3.84. The van der Waals surface area contributed by atoms with Crippen LogP contribution in [0.4, 0.5) is 0 Å². The standard InChI is InChI=1S/C14H15NO2/c1-14(2,3)15-12(16)9-11(13(15)17)10-7-5-4-6-8-10/h4-9H,1-3H3. The molecule has 0 bridgehead atoms. The highest BCUT2D eigenvalue weighted by Crippen LogP contribution is 2.28. The highest BCUT2D eigenvalue weighted by molar-refractivity contribution is 6.33. The maximum absolute atomic E-state index is 12.2. The van der Waals surface area contributed by atoms with Crippen LogP contribution in [0.5, 0.6) is 0 Å². The minimum absolute atomic E-state index is 0.214. The molecule has 1 aromatic carbocycles. The smallest absolute Gasteiger partial charge is 0.262 e. The molecule has 1 heterocycles. The van der Waals surface area contributed by atoms with Gasteiger partial charge >= 0.3 is 0 Å². The van der Waals surface area contributed by atoms with E-state index < -0.39 is 5.54 Å². The number of carbonyl (C=O) groups is 2. The molecule has 88 valence electrons. The number of nitrogens with zero attached hydrogens (tertiary/aromatic N) is 1. The first-order valence-electron chi connectivity index (χ1n) is 5.57. The van der Waals surface area contributed by atoms with Gasteiger partial charge < -0.3 is 0 Å². The maximum Gasteiger partial charge on any atom is 0.262 e. The van der Waals surface area contributed by atoms with E-state index in [1.54, 1.807) is 0 Å². The van der Waals surface area contributed by atoms with Gasteiger partial charge in [0.15, 0.2) is 0 Å². The molecule has 0 saturated heterocycles. The molecule has 17 heavy (non-hydrogen) atoms. The average Bonchev–Trinajstić information content (AvgIpc) is 2.54. The van der Waals surface area contributed by atoms with Crippen molar-refractivity contribution in [2.24, 2.45) is 0 Å². The average molecular weight is 229 g/mol. The molecule has 0 N–H and O–H groups in total. The lowest BCUT2D eigenvalue weighted by molar-refractivity contribution is -0.141. The summed E-state index contributed by atoms with van der Waals surface area (Å²) < 4.78 is 0. The highest BCUT2D eigenvalue weighted by atomic mass is 16.2. The van der Waals surface area contributed by atoms with Gasteiger partial charge in [0.2, 0.25) is 0 Å². The van der Waals surface area contributed by atoms with Crippen LogP contribution >= 0.6 is 0 Å². The summed E-state index contributed by atoms with van der Waals surface area (Å²) in [5.74, 6) is -0.449. The summed E-state index contributed by atoms with van der Waals surface area (Å²) >= 11 is 0. The molecule has 3 heteroatoms. The molecule has 0 saturated carbocycles. The fourth-order valence-corrected chi connectivity index (χ4v) is 1.93. The second-order valence-electron chi connectivity index (χ2n) is 5.07. The van der Waals surface area contributed by atoms with E-state index in [0.29, 0.717) is 5.57 Å². The van der Waals surface area contributed by atoms with Gasteiger partial charge in [-0.1, -0.05) is 30.3 Å². The molecular weight excluding hydrogens is 214 g/mol. The van der Waals surface area contributed by atoms with E-state index in [-0.39, 0.29) is 11.8 Å². The van der Waals surface area contributed by atoms with Crippen LogP contribution < -0.4 is 0 Å². The number of hydrogen-bond acceptors (Lipinski definition) is 2. The third-order valence-electron chi connectivity index (χ3n) is 2.68. The molecule has 1 aliphatic heterocycles. The van der Waals surface area contributed by atoms with Gasteiger partial charge in [-0.3, -0.25) is 14.5 Å². The molecule has 2 rings (SSSR count). The van der Waals surface area contributed by atoms with Crippen LogP contribution in [-0.4, -0.2) is 22.3 Å². The van der Waals surface area contributed by atoms with Crippen molar-refractivity contribution < 1.29 is 9.59 Å². The van der Waals surface area contributed by atoms with Crippen molar-refractivity contribution in [1.29, 1.82) is 0 Å². The normalized spacial score (nSPS) is 16.4. The summed E-state index contributed by atoms with van der Waals surface area (Å²) in [7, 11) is 0. The van der Waals surface area contributed by atoms with Crippen molar-refractivity contribution in [2.75, 3.05) is 0 Å². The number of amides is 2. The van der Waals surface area contributed by atoms with Crippen molar-refractivity contribution in [3.05, 3.63) is 42.0 Å². The van der Waals surface area contributed by atoms with E-state index in [1.807, 2.05) is 51.1 Å². The number of benzene rings is 1. The van der Waals surface area contributed by atoms with E-state index in [0.717, 1.165) is 5.56 Å². The molecular formula is C14H15NO2. The summed E-state index contributed by atoms with van der Waals surface area (Å²) in [5, 5.41) is 0. The zero-order valence-corrected chi connectivity index (χ0v) is 10.2. The lowest BCUT2D eigenvalue weighted by Gasteiger charge is -2.30. The summed E-state index contributed by atoms with van der Waals surface area (Å²) in [4.78, 5) is 25.3. The van der Waals surface area contributed by atoms with Crippen LogP contribution in [0, 0.1) is 0 Å². The van der Waals surface area contributed by atoms with E-state index in [2.05, 4.69) is 0 Å². The summed E-state index contributed by atoms with van der Waals surface area (Å²) in [5.41, 5.74) is 0.782. The van der Waals surface area contributed by atoms with E-state index in [9.17, 15) is 9.59 Å². The van der Waals surface area contributed by atoms with E-state index in [1.165, 1.54) is 11.0 Å². The van der Waals surface area contributed by atoms with Gasteiger partial charge in [0.25, 0.3) is 11.8 Å². The van der Waals surface area contributed by atoms with Gasteiger partial charge in [-0.05, 0) is 26.3 Å². The fourth-order valence-electron chi connectivity index (χ4n) is 1.93. The number of carbonyl (C=O) groups excluding carboxylic acids is 2. The molecule has 1 aliphatic rings. The predicted molar refractivity (Wildman–Crippen MR) is 66.0 cm³/mol.